The molecule has 0 spiro atoms. The third kappa shape index (κ3) is 2.03. The van der Waals surface area contributed by atoms with Gasteiger partial charge in [0.05, 0.1) is 11.3 Å². The van der Waals surface area contributed by atoms with E-state index in [-0.39, 0.29) is 17.6 Å². The van der Waals surface area contributed by atoms with Crippen molar-refractivity contribution < 1.29 is 14.7 Å². The molecule has 0 atom stereocenters. The number of nitrogens with zero attached hydrogens (tertiary/aromatic N) is 2. The number of carbonyl (C=O) groups excluding carboxylic acids is 1. The highest BCUT2D eigenvalue weighted by Gasteiger charge is 2.32. The molecular weight excluding hydrogens is 232 g/mol. The summed E-state index contributed by atoms with van der Waals surface area (Å²) in [6, 6.07) is 6.59. The summed E-state index contributed by atoms with van der Waals surface area (Å²) in [5.41, 5.74) is 0.634. The van der Waals surface area contributed by atoms with E-state index in [4.69, 9.17) is 5.11 Å². The van der Waals surface area contributed by atoms with Crippen LogP contribution in [0.4, 0.5) is 10.5 Å². The second-order valence-corrected chi connectivity index (χ2v) is 4.54. The van der Waals surface area contributed by atoms with E-state index in [0.29, 0.717) is 18.8 Å². The maximum atomic E-state index is 12.2. The zero-order valence-corrected chi connectivity index (χ0v) is 10.5. The zero-order valence-electron chi connectivity index (χ0n) is 10.5. The Bertz CT molecular complexity index is 485. The number of carbonyl (C=O) groups is 2. The lowest BCUT2D eigenvalue weighted by atomic mass is 10.1. The van der Waals surface area contributed by atoms with Gasteiger partial charge in [0.2, 0.25) is 0 Å². The first-order valence-electron chi connectivity index (χ1n) is 5.93. The van der Waals surface area contributed by atoms with E-state index in [1.54, 1.807) is 23.1 Å². The Balaban J connectivity index is 2.34. The van der Waals surface area contributed by atoms with E-state index >= 15 is 0 Å². The van der Waals surface area contributed by atoms with Crippen LogP contribution < -0.4 is 4.90 Å². The minimum atomic E-state index is -1.01. The van der Waals surface area contributed by atoms with Crippen LogP contribution in [-0.4, -0.2) is 41.1 Å². The van der Waals surface area contributed by atoms with Crippen LogP contribution >= 0.6 is 0 Å². The van der Waals surface area contributed by atoms with Gasteiger partial charge in [-0.25, -0.2) is 9.59 Å². The average Bonchev–Trinajstić information content (AvgIpc) is 2.71. The predicted octanol–water partition coefficient (Wildman–Crippen LogP) is 2.04. The van der Waals surface area contributed by atoms with E-state index in [2.05, 4.69) is 0 Å². The second kappa shape index (κ2) is 4.68. The van der Waals surface area contributed by atoms with Gasteiger partial charge in [-0.2, -0.15) is 0 Å². The van der Waals surface area contributed by atoms with Crippen molar-refractivity contribution in [3.63, 3.8) is 0 Å². The molecule has 1 saturated heterocycles. The van der Waals surface area contributed by atoms with E-state index in [0.717, 1.165) is 0 Å². The van der Waals surface area contributed by atoms with Gasteiger partial charge < -0.3 is 10.0 Å². The van der Waals surface area contributed by atoms with E-state index < -0.39 is 5.97 Å². The van der Waals surface area contributed by atoms with Gasteiger partial charge in [0.25, 0.3) is 0 Å². The minimum Gasteiger partial charge on any atom is -0.478 e. The maximum Gasteiger partial charge on any atom is 0.337 e. The van der Waals surface area contributed by atoms with Crippen molar-refractivity contribution in [2.45, 2.75) is 19.9 Å². The summed E-state index contributed by atoms with van der Waals surface area (Å²) in [4.78, 5) is 26.6. The number of carboxylic acids is 1. The number of benzene rings is 1. The van der Waals surface area contributed by atoms with Gasteiger partial charge in [-0.05, 0) is 26.0 Å². The number of rotatable bonds is 3. The summed E-state index contributed by atoms with van der Waals surface area (Å²) in [7, 11) is 0. The number of amides is 2. The smallest absolute Gasteiger partial charge is 0.337 e. The molecule has 5 nitrogen and oxygen atoms in total. The lowest BCUT2D eigenvalue weighted by Crippen LogP contribution is -2.36. The Labute approximate surface area is 106 Å². The summed E-state index contributed by atoms with van der Waals surface area (Å²) >= 11 is 0. The van der Waals surface area contributed by atoms with Gasteiger partial charge in [0, 0.05) is 19.1 Å². The number of aromatic carboxylic acids is 1. The van der Waals surface area contributed by atoms with Crippen LogP contribution in [0.5, 0.6) is 0 Å². The molecule has 5 heteroatoms. The number of anilines is 1. The molecule has 96 valence electrons. The van der Waals surface area contributed by atoms with Crippen LogP contribution in [0.2, 0.25) is 0 Å². The first-order valence-corrected chi connectivity index (χ1v) is 5.93. The van der Waals surface area contributed by atoms with Gasteiger partial charge in [-0.3, -0.25) is 4.90 Å². The standard InChI is InChI=1S/C13H16N2O3/c1-9(2)14-7-8-15(13(14)18)11-6-4-3-5-10(11)12(16)17/h3-6,9H,7-8H2,1-2H3,(H,16,17). The molecule has 2 amide bonds. The first-order chi connectivity index (χ1) is 8.52. The molecule has 1 aliphatic heterocycles. The lowest BCUT2D eigenvalue weighted by Gasteiger charge is -2.22. The van der Waals surface area contributed by atoms with Gasteiger partial charge in [0.15, 0.2) is 0 Å². The quantitative estimate of drug-likeness (QED) is 0.890. The van der Waals surface area contributed by atoms with Crippen LogP contribution in [0.1, 0.15) is 24.2 Å². The maximum absolute atomic E-state index is 12.2. The SMILES string of the molecule is CC(C)N1CCN(c2ccccc2C(=O)O)C1=O. The number of urea groups is 1. The molecule has 0 aromatic heterocycles. The van der Waals surface area contributed by atoms with Gasteiger partial charge >= 0.3 is 12.0 Å². The summed E-state index contributed by atoms with van der Waals surface area (Å²) in [6.07, 6.45) is 0. The van der Waals surface area contributed by atoms with Crippen molar-refractivity contribution in [2.75, 3.05) is 18.0 Å². The topological polar surface area (TPSA) is 60.9 Å². The molecule has 1 heterocycles. The molecule has 1 aliphatic rings. The van der Waals surface area contributed by atoms with Crippen molar-refractivity contribution >= 4 is 17.7 Å². The van der Waals surface area contributed by atoms with Crippen molar-refractivity contribution in [3.05, 3.63) is 29.8 Å². The Morgan fingerprint density at radius 2 is 1.94 bits per heavy atom. The van der Waals surface area contributed by atoms with Crippen molar-refractivity contribution in [3.8, 4) is 0 Å². The highest BCUT2D eigenvalue weighted by atomic mass is 16.4. The molecule has 2 rings (SSSR count). The molecular formula is C13H16N2O3. The average molecular weight is 248 g/mol. The predicted molar refractivity (Wildman–Crippen MR) is 68.0 cm³/mol. The fraction of sp³-hybridized carbons (Fsp3) is 0.385. The third-order valence-corrected chi connectivity index (χ3v) is 3.09. The summed E-state index contributed by atoms with van der Waals surface area (Å²) in [5.74, 6) is -1.01. The number of hydrogen-bond donors (Lipinski definition) is 1. The molecule has 0 radical (unpaired) electrons. The zero-order chi connectivity index (χ0) is 13.3. The minimum absolute atomic E-state index is 0.125. The fourth-order valence-electron chi connectivity index (χ4n) is 2.15. The molecule has 18 heavy (non-hydrogen) atoms. The molecule has 1 aromatic carbocycles. The normalized spacial score (nSPS) is 15.6. The molecule has 0 unspecified atom stereocenters. The van der Waals surface area contributed by atoms with E-state index in [9.17, 15) is 9.59 Å². The van der Waals surface area contributed by atoms with Gasteiger partial charge in [-0.1, -0.05) is 12.1 Å². The third-order valence-electron chi connectivity index (χ3n) is 3.09. The number of carboxylic acid groups (broad SMARTS) is 1. The van der Waals surface area contributed by atoms with Crippen LogP contribution in [0, 0.1) is 0 Å². The Morgan fingerprint density at radius 1 is 1.28 bits per heavy atom. The largest absolute Gasteiger partial charge is 0.478 e. The molecule has 0 aliphatic carbocycles. The summed E-state index contributed by atoms with van der Waals surface area (Å²) in [5, 5.41) is 9.14. The first kappa shape index (κ1) is 12.4. The summed E-state index contributed by atoms with van der Waals surface area (Å²) in [6.45, 7) is 5.06. The Hall–Kier alpha value is -2.04. The number of hydrogen-bond acceptors (Lipinski definition) is 2. The van der Waals surface area contributed by atoms with Crippen molar-refractivity contribution in [2.24, 2.45) is 0 Å². The van der Waals surface area contributed by atoms with Crippen molar-refractivity contribution in [1.29, 1.82) is 0 Å². The van der Waals surface area contributed by atoms with Crippen LogP contribution in [0.25, 0.3) is 0 Å². The monoisotopic (exact) mass is 248 g/mol. The van der Waals surface area contributed by atoms with Crippen molar-refractivity contribution in [1.82, 2.24) is 4.90 Å². The molecule has 0 bridgehead atoms. The fourth-order valence-corrected chi connectivity index (χ4v) is 2.15. The highest BCUT2D eigenvalue weighted by Crippen LogP contribution is 2.25. The second-order valence-electron chi connectivity index (χ2n) is 4.54. The van der Waals surface area contributed by atoms with Crippen LogP contribution in [-0.2, 0) is 0 Å². The molecule has 0 saturated carbocycles. The summed E-state index contributed by atoms with van der Waals surface area (Å²) < 4.78 is 0. The Morgan fingerprint density at radius 3 is 2.50 bits per heavy atom. The molecule has 1 N–H and O–H groups in total. The van der Waals surface area contributed by atoms with Gasteiger partial charge in [-0.15, -0.1) is 0 Å². The molecule has 1 fully saturated rings. The lowest BCUT2D eigenvalue weighted by molar-refractivity contribution is 0.0697. The molecule has 1 aromatic rings. The highest BCUT2D eigenvalue weighted by molar-refractivity contribution is 6.02. The van der Waals surface area contributed by atoms with E-state index in [1.807, 2.05) is 13.8 Å². The van der Waals surface area contributed by atoms with Crippen LogP contribution in [0.15, 0.2) is 24.3 Å². The van der Waals surface area contributed by atoms with E-state index in [1.165, 1.54) is 11.0 Å². The van der Waals surface area contributed by atoms with Gasteiger partial charge in [0.1, 0.15) is 0 Å². The Kier molecular flexibility index (Phi) is 3.23. The number of para-hydroxylation sites is 1. The van der Waals surface area contributed by atoms with Crippen LogP contribution in [0.3, 0.4) is 0 Å².